The maximum absolute atomic E-state index is 11.9. The predicted molar refractivity (Wildman–Crippen MR) is 58.5 cm³/mol. The van der Waals surface area contributed by atoms with Gasteiger partial charge in [0.15, 0.2) is 0 Å². The van der Waals surface area contributed by atoms with Crippen molar-refractivity contribution in [2.75, 3.05) is 6.54 Å². The van der Waals surface area contributed by atoms with E-state index in [9.17, 15) is 4.79 Å². The fourth-order valence-corrected chi connectivity index (χ4v) is 2.81. The van der Waals surface area contributed by atoms with Crippen molar-refractivity contribution in [3.05, 3.63) is 0 Å². The van der Waals surface area contributed by atoms with Gasteiger partial charge in [-0.15, -0.1) is 0 Å². The minimum Gasteiger partial charge on any atom is -0.459 e. The maximum Gasteiger partial charge on any atom is 0.323 e. The van der Waals surface area contributed by atoms with Gasteiger partial charge in [0.05, 0.1) is 0 Å². The van der Waals surface area contributed by atoms with Crippen LogP contribution in [-0.2, 0) is 9.53 Å². The van der Waals surface area contributed by atoms with Crippen LogP contribution < -0.4 is 5.32 Å². The topological polar surface area (TPSA) is 38.3 Å². The zero-order valence-electron chi connectivity index (χ0n) is 9.88. The van der Waals surface area contributed by atoms with E-state index in [0.717, 1.165) is 6.54 Å². The van der Waals surface area contributed by atoms with Crippen molar-refractivity contribution in [2.45, 2.75) is 51.7 Å². The van der Waals surface area contributed by atoms with Crippen LogP contribution in [0.15, 0.2) is 0 Å². The highest BCUT2D eigenvalue weighted by atomic mass is 16.6. The van der Waals surface area contributed by atoms with Crippen LogP contribution in [-0.4, -0.2) is 24.2 Å². The number of ether oxygens (including phenoxy) is 1. The summed E-state index contributed by atoms with van der Waals surface area (Å²) in [5.74, 6) is 1.18. The molecule has 2 aliphatic rings. The van der Waals surface area contributed by atoms with Gasteiger partial charge >= 0.3 is 5.97 Å². The molecule has 1 aliphatic carbocycles. The van der Waals surface area contributed by atoms with Gasteiger partial charge in [-0.3, -0.25) is 4.79 Å². The van der Waals surface area contributed by atoms with Crippen LogP contribution in [0.5, 0.6) is 0 Å². The first kappa shape index (κ1) is 10.9. The summed E-state index contributed by atoms with van der Waals surface area (Å²) < 4.78 is 5.43. The van der Waals surface area contributed by atoms with Crippen LogP contribution in [0.3, 0.4) is 0 Å². The number of nitrogens with one attached hydrogen (secondary N) is 1. The summed E-state index contributed by atoms with van der Waals surface area (Å²) in [5, 5.41) is 3.31. The molecule has 1 aliphatic heterocycles. The zero-order valence-corrected chi connectivity index (χ0v) is 9.88. The Bertz CT molecular complexity index is 257. The molecule has 1 heterocycles. The van der Waals surface area contributed by atoms with E-state index in [4.69, 9.17) is 4.74 Å². The average Bonchev–Trinajstić information content (AvgIpc) is 2.57. The molecule has 2 rings (SSSR count). The molecular weight excluding hydrogens is 190 g/mol. The van der Waals surface area contributed by atoms with E-state index in [1.54, 1.807) is 0 Å². The Morgan fingerprint density at radius 3 is 2.73 bits per heavy atom. The van der Waals surface area contributed by atoms with Gasteiger partial charge in [0.2, 0.25) is 0 Å². The third kappa shape index (κ3) is 2.33. The summed E-state index contributed by atoms with van der Waals surface area (Å²) in [4.78, 5) is 11.9. The van der Waals surface area contributed by atoms with Gasteiger partial charge in [-0.25, -0.2) is 0 Å². The van der Waals surface area contributed by atoms with Crippen LogP contribution in [0.4, 0.5) is 0 Å². The normalized spacial score (nSPS) is 35.3. The van der Waals surface area contributed by atoms with E-state index < -0.39 is 0 Å². The van der Waals surface area contributed by atoms with Crippen LogP contribution in [0.1, 0.15) is 40.0 Å². The van der Waals surface area contributed by atoms with Gasteiger partial charge in [-0.05, 0) is 52.0 Å². The largest absolute Gasteiger partial charge is 0.459 e. The number of fused-ring (bicyclic) bond motifs is 1. The average molecular weight is 211 g/mol. The Hall–Kier alpha value is -0.570. The molecule has 1 saturated carbocycles. The highest BCUT2D eigenvalue weighted by Gasteiger charge is 2.43. The molecule has 3 nitrogen and oxygen atoms in total. The smallest absolute Gasteiger partial charge is 0.323 e. The highest BCUT2D eigenvalue weighted by molar-refractivity contribution is 5.77. The monoisotopic (exact) mass is 211 g/mol. The van der Waals surface area contributed by atoms with Crippen LogP contribution in [0.25, 0.3) is 0 Å². The molecular formula is C12H21NO2. The van der Waals surface area contributed by atoms with E-state index in [1.807, 2.05) is 20.8 Å². The Labute approximate surface area is 91.6 Å². The summed E-state index contributed by atoms with van der Waals surface area (Å²) in [6.45, 7) is 6.76. The molecule has 0 aromatic rings. The van der Waals surface area contributed by atoms with E-state index in [0.29, 0.717) is 11.8 Å². The summed E-state index contributed by atoms with van der Waals surface area (Å²) >= 11 is 0. The highest BCUT2D eigenvalue weighted by Crippen LogP contribution is 2.38. The van der Waals surface area contributed by atoms with Crippen LogP contribution >= 0.6 is 0 Å². The molecule has 0 radical (unpaired) electrons. The SMILES string of the molecule is CC(C)(C)OC(=O)C1NC[C@@H]2CCCC12. The Morgan fingerprint density at radius 1 is 1.33 bits per heavy atom. The van der Waals surface area contributed by atoms with Crippen LogP contribution in [0.2, 0.25) is 0 Å². The van der Waals surface area contributed by atoms with Gasteiger partial charge in [0.25, 0.3) is 0 Å². The summed E-state index contributed by atoms with van der Waals surface area (Å²) in [6.07, 6.45) is 3.73. The molecule has 0 aromatic carbocycles. The molecule has 3 heteroatoms. The number of rotatable bonds is 1. The minimum atomic E-state index is -0.366. The Balaban J connectivity index is 1.96. The summed E-state index contributed by atoms with van der Waals surface area (Å²) in [7, 11) is 0. The first-order valence-corrected chi connectivity index (χ1v) is 5.93. The van der Waals surface area contributed by atoms with Crippen molar-refractivity contribution in [1.82, 2.24) is 5.32 Å². The zero-order chi connectivity index (χ0) is 11.1. The maximum atomic E-state index is 11.9. The molecule has 0 aromatic heterocycles. The third-order valence-electron chi connectivity index (χ3n) is 3.41. The van der Waals surface area contributed by atoms with Crippen molar-refractivity contribution in [1.29, 1.82) is 0 Å². The third-order valence-corrected chi connectivity index (χ3v) is 3.41. The van der Waals surface area contributed by atoms with Crippen molar-refractivity contribution < 1.29 is 9.53 Å². The number of hydrogen-bond acceptors (Lipinski definition) is 3. The lowest BCUT2D eigenvalue weighted by molar-refractivity contribution is -0.158. The lowest BCUT2D eigenvalue weighted by atomic mass is 9.94. The minimum absolute atomic E-state index is 0.0447. The molecule has 0 spiro atoms. The second-order valence-corrected chi connectivity index (χ2v) is 5.77. The fraction of sp³-hybridized carbons (Fsp3) is 0.917. The molecule has 2 unspecified atom stereocenters. The van der Waals surface area contributed by atoms with Gasteiger partial charge in [0, 0.05) is 0 Å². The van der Waals surface area contributed by atoms with Crippen molar-refractivity contribution in [3.63, 3.8) is 0 Å². The van der Waals surface area contributed by atoms with Crippen LogP contribution in [0, 0.1) is 11.8 Å². The lowest BCUT2D eigenvalue weighted by Crippen LogP contribution is -2.40. The van der Waals surface area contributed by atoms with Gasteiger partial charge in [-0.2, -0.15) is 0 Å². The van der Waals surface area contributed by atoms with Crippen molar-refractivity contribution in [2.24, 2.45) is 11.8 Å². The molecule has 1 N–H and O–H groups in total. The number of carbonyl (C=O) groups is 1. The number of esters is 1. The quantitative estimate of drug-likeness (QED) is 0.671. The van der Waals surface area contributed by atoms with Gasteiger partial charge in [0.1, 0.15) is 11.6 Å². The Kier molecular flexibility index (Phi) is 2.75. The molecule has 3 atom stereocenters. The van der Waals surface area contributed by atoms with Crippen molar-refractivity contribution in [3.8, 4) is 0 Å². The van der Waals surface area contributed by atoms with E-state index in [1.165, 1.54) is 19.3 Å². The number of hydrogen-bond donors (Lipinski definition) is 1. The first-order valence-electron chi connectivity index (χ1n) is 5.93. The molecule has 0 bridgehead atoms. The van der Waals surface area contributed by atoms with E-state index in [2.05, 4.69) is 5.32 Å². The van der Waals surface area contributed by atoms with Crippen molar-refractivity contribution >= 4 is 5.97 Å². The molecule has 15 heavy (non-hydrogen) atoms. The van der Waals surface area contributed by atoms with Gasteiger partial charge < -0.3 is 10.1 Å². The standard InChI is InChI=1S/C12H21NO2/c1-12(2,3)15-11(14)10-9-6-4-5-8(9)7-13-10/h8-10,13H,4-7H2,1-3H3/t8-,9?,10?/m0/s1. The fourth-order valence-electron chi connectivity index (χ4n) is 2.81. The molecule has 86 valence electrons. The second kappa shape index (κ2) is 3.78. The summed E-state index contributed by atoms with van der Waals surface area (Å²) in [6, 6.07) is -0.0447. The second-order valence-electron chi connectivity index (χ2n) is 5.77. The predicted octanol–water partition coefficient (Wildman–Crippen LogP) is 1.72. The summed E-state index contributed by atoms with van der Waals surface area (Å²) in [5.41, 5.74) is -0.366. The Morgan fingerprint density at radius 2 is 2.07 bits per heavy atom. The molecule has 0 amide bonds. The van der Waals surface area contributed by atoms with E-state index >= 15 is 0 Å². The molecule has 2 fully saturated rings. The first-order chi connectivity index (χ1) is 6.97. The molecule has 1 saturated heterocycles. The lowest BCUT2D eigenvalue weighted by Gasteiger charge is -2.24. The van der Waals surface area contributed by atoms with Gasteiger partial charge in [-0.1, -0.05) is 6.42 Å². The van der Waals surface area contributed by atoms with E-state index in [-0.39, 0.29) is 17.6 Å². The number of carbonyl (C=O) groups excluding carboxylic acids is 1.